The van der Waals surface area contributed by atoms with Crippen molar-refractivity contribution < 1.29 is 9.59 Å². The summed E-state index contributed by atoms with van der Waals surface area (Å²) in [5.41, 5.74) is 4.38. The summed E-state index contributed by atoms with van der Waals surface area (Å²) in [4.78, 5) is 27.7. The first kappa shape index (κ1) is 23.3. The zero-order chi connectivity index (χ0) is 24.2. The number of fused-ring (bicyclic) bond motifs is 1. The Hall–Kier alpha value is -3.85. The van der Waals surface area contributed by atoms with Gasteiger partial charge in [0.05, 0.1) is 0 Å². The SMILES string of the molecule is Cc1cc(C)cc(NC(=O)/C(C#N)=C/c2cn(CC(=O)N3CCC(C)CC3)c3ccccc23)c1. The number of aryl methyl sites for hydroxylation is 2. The summed E-state index contributed by atoms with van der Waals surface area (Å²) in [6.07, 6.45) is 5.53. The quantitative estimate of drug-likeness (QED) is 0.432. The van der Waals surface area contributed by atoms with Crippen molar-refractivity contribution in [2.24, 2.45) is 5.92 Å². The van der Waals surface area contributed by atoms with Crippen LogP contribution in [0, 0.1) is 31.1 Å². The number of likely N-dealkylation sites (tertiary alicyclic amines) is 1. The number of hydrogen-bond acceptors (Lipinski definition) is 3. The number of benzene rings is 2. The maximum atomic E-state index is 12.9. The van der Waals surface area contributed by atoms with Crippen molar-refractivity contribution in [3.8, 4) is 6.07 Å². The van der Waals surface area contributed by atoms with Crippen molar-refractivity contribution in [3.63, 3.8) is 0 Å². The summed E-state index contributed by atoms with van der Waals surface area (Å²) in [5.74, 6) is 0.298. The standard InChI is InChI=1S/C28H30N4O2/c1-19-8-10-31(11-9-19)27(33)18-32-17-23(25-6-4-5-7-26(25)32)15-22(16-29)28(34)30-24-13-20(2)12-21(3)14-24/h4-7,12-15,17,19H,8-11,18H2,1-3H3,(H,30,34)/b22-15+. The van der Waals surface area contributed by atoms with E-state index in [0.29, 0.717) is 11.6 Å². The number of para-hydroxylation sites is 1. The summed E-state index contributed by atoms with van der Waals surface area (Å²) in [5, 5.41) is 13.4. The number of hydrogen-bond donors (Lipinski definition) is 1. The van der Waals surface area contributed by atoms with Crippen LogP contribution in [0.3, 0.4) is 0 Å². The fraction of sp³-hybridized carbons (Fsp3) is 0.321. The van der Waals surface area contributed by atoms with Crippen LogP contribution in [0.5, 0.6) is 0 Å². The molecule has 2 heterocycles. The molecular weight excluding hydrogens is 424 g/mol. The van der Waals surface area contributed by atoms with Gasteiger partial charge in [0.2, 0.25) is 5.91 Å². The summed E-state index contributed by atoms with van der Waals surface area (Å²) in [6.45, 7) is 7.98. The third kappa shape index (κ3) is 5.20. The van der Waals surface area contributed by atoms with Crippen LogP contribution in [0.1, 0.15) is 36.5 Å². The van der Waals surface area contributed by atoms with E-state index >= 15 is 0 Å². The smallest absolute Gasteiger partial charge is 0.266 e. The fourth-order valence-electron chi connectivity index (χ4n) is 4.57. The molecule has 0 atom stereocenters. The van der Waals surface area contributed by atoms with E-state index in [1.54, 1.807) is 6.08 Å². The first-order chi connectivity index (χ1) is 16.3. The molecular formula is C28H30N4O2. The Labute approximate surface area is 200 Å². The number of nitrogens with one attached hydrogen (secondary N) is 1. The van der Waals surface area contributed by atoms with Gasteiger partial charge >= 0.3 is 0 Å². The molecule has 6 nitrogen and oxygen atoms in total. The monoisotopic (exact) mass is 454 g/mol. The molecule has 0 saturated carbocycles. The van der Waals surface area contributed by atoms with Crippen LogP contribution in [-0.2, 0) is 16.1 Å². The van der Waals surface area contributed by atoms with Crippen molar-refractivity contribution in [1.82, 2.24) is 9.47 Å². The molecule has 0 aliphatic carbocycles. The zero-order valence-electron chi connectivity index (χ0n) is 20.0. The molecule has 6 heteroatoms. The molecule has 2 aromatic carbocycles. The van der Waals surface area contributed by atoms with Crippen LogP contribution in [0.4, 0.5) is 5.69 Å². The summed E-state index contributed by atoms with van der Waals surface area (Å²) < 4.78 is 1.92. The van der Waals surface area contributed by atoms with Crippen LogP contribution in [-0.4, -0.2) is 34.4 Å². The van der Waals surface area contributed by atoms with E-state index in [-0.39, 0.29) is 18.0 Å². The van der Waals surface area contributed by atoms with Crippen LogP contribution < -0.4 is 5.32 Å². The highest BCUT2D eigenvalue weighted by molar-refractivity contribution is 6.10. The minimum absolute atomic E-state index is 0.0124. The minimum atomic E-state index is -0.456. The molecule has 1 saturated heterocycles. The van der Waals surface area contributed by atoms with Gasteiger partial charge in [-0.3, -0.25) is 9.59 Å². The average Bonchev–Trinajstić information content (AvgIpc) is 3.14. The minimum Gasteiger partial charge on any atom is -0.341 e. The number of piperidine rings is 1. The number of rotatable bonds is 5. The molecule has 0 radical (unpaired) electrons. The lowest BCUT2D eigenvalue weighted by Crippen LogP contribution is -2.39. The largest absolute Gasteiger partial charge is 0.341 e. The van der Waals surface area contributed by atoms with Gasteiger partial charge in [0.1, 0.15) is 18.2 Å². The summed E-state index contributed by atoms with van der Waals surface area (Å²) >= 11 is 0. The van der Waals surface area contributed by atoms with E-state index in [2.05, 4.69) is 12.2 Å². The highest BCUT2D eigenvalue weighted by Gasteiger charge is 2.21. The third-order valence-electron chi connectivity index (χ3n) is 6.41. The highest BCUT2D eigenvalue weighted by Crippen LogP contribution is 2.25. The van der Waals surface area contributed by atoms with E-state index < -0.39 is 5.91 Å². The summed E-state index contributed by atoms with van der Waals surface area (Å²) in [6, 6.07) is 15.6. The second-order valence-electron chi connectivity index (χ2n) is 9.29. The molecule has 1 N–H and O–H groups in total. The molecule has 4 rings (SSSR count). The molecule has 1 aromatic heterocycles. The van der Waals surface area contributed by atoms with E-state index in [9.17, 15) is 14.9 Å². The second-order valence-corrected chi connectivity index (χ2v) is 9.29. The average molecular weight is 455 g/mol. The molecule has 174 valence electrons. The normalized spacial score (nSPS) is 14.8. The maximum Gasteiger partial charge on any atom is 0.266 e. The van der Waals surface area contributed by atoms with Gasteiger partial charge in [-0.15, -0.1) is 0 Å². The summed E-state index contributed by atoms with van der Waals surface area (Å²) in [7, 11) is 0. The molecule has 1 aliphatic rings. The van der Waals surface area contributed by atoms with Gasteiger partial charge in [0, 0.05) is 41.4 Å². The lowest BCUT2D eigenvalue weighted by Gasteiger charge is -2.30. The topological polar surface area (TPSA) is 78.1 Å². The zero-order valence-corrected chi connectivity index (χ0v) is 20.0. The van der Waals surface area contributed by atoms with Crippen LogP contribution in [0.25, 0.3) is 17.0 Å². The van der Waals surface area contributed by atoms with Crippen molar-refractivity contribution in [2.45, 2.75) is 40.2 Å². The predicted octanol–water partition coefficient (Wildman–Crippen LogP) is 5.06. The van der Waals surface area contributed by atoms with Crippen LogP contribution >= 0.6 is 0 Å². The fourth-order valence-corrected chi connectivity index (χ4v) is 4.57. The highest BCUT2D eigenvalue weighted by atomic mass is 16.2. The van der Waals surface area contributed by atoms with Gasteiger partial charge in [0.25, 0.3) is 5.91 Å². The van der Waals surface area contributed by atoms with Gasteiger partial charge in [-0.2, -0.15) is 5.26 Å². The second kappa shape index (κ2) is 9.96. The molecule has 34 heavy (non-hydrogen) atoms. The van der Waals surface area contributed by atoms with Crippen LogP contribution in [0.2, 0.25) is 0 Å². The Kier molecular flexibility index (Phi) is 6.83. The Morgan fingerprint density at radius 3 is 2.47 bits per heavy atom. The lowest BCUT2D eigenvalue weighted by molar-refractivity contribution is -0.133. The third-order valence-corrected chi connectivity index (χ3v) is 6.41. The van der Waals surface area contributed by atoms with E-state index in [0.717, 1.165) is 53.5 Å². The number of carbonyl (C=O) groups is 2. The predicted molar refractivity (Wildman–Crippen MR) is 135 cm³/mol. The molecule has 0 bridgehead atoms. The number of anilines is 1. The van der Waals surface area contributed by atoms with Crippen molar-refractivity contribution in [3.05, 3.63) is 70.9 Å². The number of nitrogens with zero attached hydrogens (tertiary/aromatic N) is 3. The Morgan fingerprint density at radius 2 is 1.79 bits per heavy atom. The number of nitriles is 1. The molecule has 1 fully saturated rings. The van der Waals surface area contributed by atoms with Gasteiger partial charge < -0.3 is 14.8 Å². The van der Waals surface area contributed by atoms with Crippen molar-refractivity contribution >= 4 is 34.5 Å². The Balaban J connectivity index is 1.60. The first-order valence-electron chi connectivity index (χ1n) is 11.7. The maximum absolute atomic E-state index is 12.9. The Bertz CT molecular complexity index is 1280. The number of carbonyl (C=O) groups excluding carboxylic acids is 2. The van der Waals surface area contributed by atoms with E-state index in [1.807, 2.05) is 78.0 Å². The molecule has 2 amide bonds. The van der Waals surface area contributed by atoms with E-state index in [4.69, 9.17) is 0 Å². The molecule has 1 aliphatic heterocycles. The lowest BCUT2D eigenvalue weighted by atomic mass is 9.99. The molecule has 0 unspecified atom stereocenters. The molecule has 3 aromatic rings. The van der Waals surface area contributed by atoms with Crippen molar-refractivity contribution in [2.75, 3.05) is 18.4 Å². The number of amides is 2. The van der Waals surface area contributed by atoms with E-state index in [1.165, 1.54) is 0 Å². The van der Waals surface area contributed by atoms with Gasteiger partial charge in [0.15, 0.2) is 0 Å². The first-order valence-corrected chi connectivity index (χ1v) is 11.7. The number of aromatic nitrogens is 1. The molecule has 0 spiro atoms. The van der Waals surface area contributed by atoms with Gasteiger partial charge in [-0.1, -0.05) is 31.2 Å². The van der Waals surface area contributed by atoms with Crippen molar-refractivity contribution in [1.29, 1.82) is 5.26 Å². The van der Waals surface area contributed by atoms with Gasteiger partial charge in [-0.05, 0) is 68.0 Å². The van der Waals surface area contributed by atoms with Crippen LogP contribution in [0.15, 0.2) is 54.2 Å². The van der Waals surface area contributed by atoms with Gasteiger partial charge in [-0.25, -0.2) is 0 Å². The Morgan fingerprint density at radius 1 is 1.12 bits per heavy atom.